The van der Waals surface area contributed by atoms with Gasteiger partial charge in [-0.2, -0.15) is 18.2 Å². The van der Waals surface area contributed by atoms with Gasteiger partial charge in [-0.25, -0.2) is 4.98 Å². The zero-order valence-corrected chi connectivity index (χ0v) is 13.2. The molecule has 7 heteroatoms. The number of para-hydroxylation sites is 2. The lowest BCUT2D eigenvalue weighted by molar-refractivity contribution is -0.137. The molecule has 0 saturated carbocycles. The van der Waals surface area contributed by atoms with Gasteiger partial charge in [0.1, 0.15) is 5.82 Å². The molecule has 126 valence electrons. The van der Waals surface area contributed by atoms with Crippen LogP contribution in [0.15, 0.2) is 54.7 Å². The number of alkyl halides is 3. The van der Waals surface area contributed by atoms with Gasteiger partial charge in [-0.15, -0.1) is 0 Å². The molecule has 2 heterocycles. The first-order chi connectivity index (χ1) is 11.9. The zero-order chi connectivity index (χ0) is 17.6. The largest absolute Gasteiger partial charge is 0.416 e. The summed E-state index contributed by atoms with van der Waals surface area (Å²) in [5, 5.41) is 3.06. The van der Waals surface area contributed by atoms with Crippen LogP contribution >= 0.6 is 0 Å². The van der Waals surface area contributed by atoms with Gasteiger partial charge < -0.3 is 5.32 Å². The van der Waals surface area contributed by atoms with Gasteiger partial charge >= 0.3 is 6.18 Å². The molecular weight excluding hydrogens is 329 g/mol. The van der Waals surface area contributed by atoms with Crippen molar-refractivity contribution in [3.63, 3.8) is 0 Å². The maximum Gasteiger partial charge on any atom is 0.416 e. The van der Waals surface area contributed by atoms with Crippen LogP contribution in [0.4, 0.5) is 24.7 Å². The summed E-state index contributed by atoms with van der Waals surface area (Å²) in [5.41, 5.74) is 2.49. The molecule has 0 radical (unpaired) electrons. The average Bonchev–Trinajstić information content (AvgIpc) is 2.92. The Hall–Kier alpha value is -3.09. The van der Waals surface area contributed by atoms with Crippen LogP contribution in [0, 0.1) is 6.92 Å². The van der Waals surface area contributed by atoms with Crippen molar-refractivity contribution in [2.45, 2.75) is 13.1 Å². The first-order valence-electron chi connectivity index (χ1n) is 7.60. The molecule has 0 aliphatic carbocycles. The number of nitrogens with zero attached hydrogens (tertiary/aromatic N) is 3. The fraction of sp³-hybridized carbons (Fsp3) is 0.111. The van der Waals surface area contributed by atoms with Crippen molar-refractivity contribution in [3.8, 4) is 0 Å². The number of aromatic nitrogens is 3. The van der Waals surface area contributed by atoms with E-state index in [1.807, 2.05) is 41.8 Å². The third-order valence-electron chi connectivity index (χ3n) is 3.96. The minimum Gasteiger partial charge on any atom is -0.340 e. The molecule has 0 unspecified atom stereocenters. The predicted molar refractivity (Wildman–Crippen MR) is 90.0 cm³/mol. The number of anilines is 2. The van der Waals surface area contributed by atoms with Crippen LogP contribution in [0.2, 0.25) is 0 Å². The van der Waals surface area contributed by atoms with E-state index in [0.717, 1.165) is 28.7 Å². The zero-order valence-electron chi connectivity index (χ0n) is 13.2. The van der Waals surface area contributed by atoms with Gasteiger partial charge in [-0.1, -0.05) is 12.1 Å². The fourth-order valence-corrected chi connectivity index (χ4v) is 2.69. The topological polar surface area (TPSA) is 42.2 Å². The molecule has 0 aliphatic heterocycles. The fourth-order valence-electron chi connectivity index (χ4n) is 2.69. The van der Waals surface area contributed by atoms with E-state index in [-0.39, 0.29) is 0 Å². The van der Waals surface area contributed by atoms with Crippen LogP contribution in [0.25, 0.3) is 16.8 Å². The maximum absolute atomic E-state index is 12.6. The minimum absolute atomic E-state index is 0.529. The number of nitrogens with one attached hydrogen (secondary N) is 1. The van der Waals surface area contributed by atoms with Gasteiger partial charge in [0.05, 0.1) is 16.6 Å². The van der Waals surface area contributed by atoms with E-state index in [9.17, 15) is 13.2 Å². The molecular formula is C18H13F3N4. The smallest absolute Gasteiger partial charge is 0.340 e. The van der Waals surface area contributed by atoms with Gasteiger partial charge in [0, 0.05) is 17.4 Å². The van der Waals surface area contributed by atoms with E-state index in [0.29, 0.717) is 17.3 Å². The molecule has 1 N–H and O–H groups in total. The average molecular weight is 342 g/mol. The number of imidazole rings is 1. The summed E-state index contributed by atoms with van der Waals surface area (Å²) in [7, 11) is 0. The third kappa shape index (κ3) is 2.77. The molecule has 0 saturated heterocycles. The molecule has 4 nitrogen and oxygen atoms in total. The minimum atomic E-state index is -4.35. The van der Waals surface area contributed by atoms with E-state index in [4.69, 9.17) is 0 Å². The van der Waals surface area contributed by atoms with Crippen LogP contribution in [0.3, 0.4) is 0 Å². The quantitative estimate of drug-likeness (QED) is 0.560. The van der Waals surface area contributed by atoms with E-state index in [1.165, 1.54) is 12.1 Å². The van der Waals surface area contributed by atoms with E-state index >= 15 is 0 Å². The highest BCUT2D eigenvalue weighted by atomic mass is 19.4. The number of hydrogen-bond donors (Lipinski definition) is 1. The number of aryl methyl sites for hydroxylation is 1. The van der Waals surface area contributed by atoms with Gasteiger partial charge in [0.25, 0.3) is 0 Å². The van der Waals surface area contributed by atoms with Crippen molar-refractivity contribution >= 4 is 28.3 Å². The van der Waals surface area contributed by atoms with Gasteiger partial charge in [-0.3, -0.25) is 4.40 Å². The second-order valence-electron chi connectivity index (χ2n) is 5.74. The Bertz CT molecular complexity index is 1070. The third-order valence-corrected chi connectivity index (χ3v) is 3.96. The lowest BCUT2D eigenvalue weighted by Crippen LogP contribution is -2.05. The summed E-state index contributed by atoms with van der Waals surface area (Å²) < 4.78 is 39.8. The summed E-state index contributed by atoms with van der Waals surface area (Å²) in [6, 6.07) is 12.6. The number of hydrogen-bond acceptors (Lipinski definition) is 3. The highest BCUT2D eigenvalue weighted by Gasteiger charge is 2.29. The summed E-state index contributed by atoms with van der Waals surface area (Å²) in [6.45, 7) is 1.88. The van der Waals surface area contributed by atoms with E-state index in [2.05, 4.69) is 15.3 Å². The first kappa shape index (κ1) is 15.4. The van der Waals surface area contributed by atoms with E-state index in [1.54, 1.807) is 0 Å². The molecule has 0 bridgehead atoms. The number of halogens is 3. The number of fused-ring (bicyclic) bond motifs is 3. The summed E-state index contributed by atoms with van der Waals surface area (Å²) in [4.78, 5) is 8.97. The number of benzene rings is 2. The number of rotatable bonds is 2. The summed E-state index contributed by atoms with van der Waals surface area (Å²) in [6.07, 6.45) is -2.44. The molecule has 0 atom stereocenters. The van der Waals surface area contributed by atoms with Crippen LogP contribution in [0.5, 0.6) is 0 Å². The van der Waals surface area contributed by atoms with Crippen molar-refractivity contribution in [2.24, 2.45) is 0 Å². The van der Waals surface area contributed by atoms with Crippen LogP contribution in [0.1, 0.15) is 11.1 Å². The molecule has 4 rings (SSSR count). The molecule has 2 aromatic heterocycles. The molecule has 0 amide bonds. The van der Waals surface area contributed by atoms with Gasteiger partial charge in [0.15, 0.2) is 0 Å². The van der Waals surface area contributed by atoms with Crippen LogP contribution in [-0.4, -0.2) is 14.4 Å². The Morgan fingerprint density at radius 1 is 0.960 bits per heavy atom. The van der Waals surface area contributed by atoms with Crippen LogP contribution in [-0.2, 0) is 6.18 Å². The van der Waals surface area contributed by atoms with Crippen LogP contribution < -0.4 is 5.32 Å². The Kier molecular flexibility index (Phi) is 3.38. The van der Waals surface area contributed by atoms with Gasteiger partial charge in [-0.05, 0) is 43.3 Å². The summed E-state index contributed by atoms with van der Waals surface area (Å²) >= 11 is 0. The predicted octanol–water partition coefficient (Wildman–Crippen LogP) is 4.95. The molecule has 4 aromatic rings. The highest BCUT2D eigenvalue weighted by molar-refractivity contribution is 5.80. The van der Waals surface area contributed by atoms with Crippen molar-refractivity contribution < 1.29 is 13.2 Å². The normalized spacial score (nSPS) is 12.0. The van der Waals surface area contributed by atoms with Crippen molar-refractivity contribution in [1.82, 2.24) is 14.4 Å². The molecule has 0 fully saturated rings. The van der Waals surface area contributed by atoms with Crippen molar-refractivity contribution in [1.29, 1.82) is 0 Å². The molecule has 25 heavy (non-hydrogen) atoms. The molecule has 2 aromatic carbocycles. The Balaban J connectivity index is 1.71. The van der Waals surface area contributed by atoms with Gasteiger partial charge in [0.2, 0.25) is 5.78 Å². The Labute approximate surface area is 141 Å². The maximum atomic E-state index is 12.6. The monoisotopic (exact) mass is 342 g/mol. The Morgan fingerprint density at radius 2 is 1.68 bits per heavy atom. The van der Waals surface area contributed by atoms with E-state index < -0.39 is 11.7 Å². The van der Waals surface area contributed by atoms with Crippen molar-refractivity contribution in [3.05, 3.63) is 65.9 Å². The standard InChI is InChI=1S/C18H13F3N4/c1-11-10-25-15-5-3-2-4-14(15)23-17(25)24-16(11)22-13-8-6-12(7-9-13)18(19,20)21/h2-10H,1H3,(H,22,23,24). The SMILES string of the molecule is Cc1cn2c(nc1Nc1ccc(C(F)(F)F)cc1)nc1ccccc12. The Morgan fingerprint density at radius 3 is 2.40 bits per heavy atom. The second-order valence-corrected chi connectivity index (χ2v) is 5.74. The second kappa shape index (κ2) is 5.47. The van der Waals surface area contributed by atoms with Crippen molar-refractivity contribution in [2.75, 3.05) is 5.32 Å². The molecule has 0 aliphatic rings. The first-order valence-corrected chi connectivity index (χ1v) is 7.60. The molecule has 0 spiro atoms. The lowest BCUT2D eigenvalue weighted by Gasteiger charge is -2.11. The lowest BCUT2D eigenvalue weighted by atomic mass is 10.2. The summed E-state index contributed by atoms with van der Waals surface area (Å²) in [5.74, 6) is 1.09. The highest BCUT2D eigenvalue weighted by Crippen LogP contribution is 2.30.